The number of hydrogen-bond donors (Lipinski definition) is 0. The van der Waals surface area contributed by atoms with Gasteiger partial charge in [-0.2, -0.15) is 0 Å². The summed E-state index contributed by atoms with van der Waals surface area (Å²) in [6.45, 7) is 23.8. The van der Waals surface area contributed by atoms with E-state index >= 15 is 0 Å². The Kier molecular flexibility index (Phi) is 10.0. The minimum Gasteiger partial charge on any atom is -1.00 e. The van der Waals surface area contributed by atoms with Gasteiger partial charge >= 0.3 is 283 Å². The molecule has 245 valence electrons. The molecule has 7 rings (SSSR count). The molecule has 0 bridgehead atoms. The van der Waals surface area contributed by atoms with Crippen molar-refractivity contribution < 1.29 is 45.7 Å². The van der Waals surface area contributed by atoms with E-state index in [4.69, 9.17) is 0 Å². The Morgan fingerprint density at radius 1 is 0.702 bits per heavy atom. The van der Waals surface area contributed by atoms with Crippen molar-refractivity contribution in [2.45, 2.75) is 108 Å². The van der Waals surface area contributed by atoms with E-state index in [9.17, 15) is 0 Å². The largest absolute Gasteiger partial charge is 1.00 e. The third-order valence-electron chi connectivity index (χ3n) is 10.8. The van der Waals surface area contributed by atoms with Crippen molar-refractivity contribution in [3.05, 3.63) is 106 Å². The Bertz CT molecular complexity index is 1830. The smallest absolute Gasteiger partial charge is 1.00 e. The summed E-state index contributed by atoms with van der Waals surface area (Å²) in [6, 6.07) is 29.6. The molecule has 4 aromatic carbocycles. The molecule has 0 aromatic heterocycles. The summed E-state index contributed by atoms with van der Waals surface area (Å²) in [5, 5.41) is 3.60. The first-order valence-corrected chi connectivity index (χ1v) is 26.0. The predicted octanol–water partition coefficient (Wildman–Crippen LogP) is 3.66. The average molecular weight is 758 g/mol. The molecular weight excluding hydrogens is 707 g/mol. The third kappa shape index (κ3) is 6.07. The number of unbranched alkanes of at least 4 members (excludes halogenated alkanes) is 1. The second kappa shape index (κ2) is 12.9. The fourth-order valence-electron chi connectivity index (χ4n) is 8.29. The standard InChI is InChI=1S/C31H43.C12H8Si.2ClH.Zr/c1-11-12-13-21-16-22-14-15-27(31(8,9)10)28(26(22)17-21)23-18-24(29(2,3)4)20-25(19-23)30(5,6)7;1-3-7-11-9(5-1)10-6-2-4-8-12(10)13-11;;;/h14-20H,11-13H2,1-10H3;1-7,13H;2*1H;/q;;;;+2/p-2. The summed E-state index contributed by atoms with van der Waals surface area (Å²) < 4.78 is 2.52. The molecule has 47 heavy (non-hydrogen) atoms. The van der Waals surface area contributed by atoms with Crippen molar-refractivity contribution in [2.75, 3.05) is 0 Å². The zero-order valence-electron chi connectivity index (χ0n) is 30.0. The molecule has 2 atom stereocenters. The van der Waals surface area contributed by atoms with E-state index in [1.165, 1.54) is 47.1 Å². The molecule has 2 unspecified atom stereocenters. The van der Waals surface area contributed by atoms with E-state index in [-0.39, 0.29) is 41.1 Å². The van der Waals surface area contributed by atoms with Crippen molar-refractivity contribution in [2.24, 2.45) is 0 Å². The summed E-state index contributed by atoms with van der Waals surface area (Å²) in [4.78, 5) is 0. The van der Waals surface area contributed by atoms with Crippen LogP contribution in [-0.2, 0) is 37.2 Å². The Balaban J connectivity index is 0.00000217. The van der Waals surface area contributed by atoms with Crippen molar-refractivity contribution in [3.63, 3.8) is 0 Å². The quantitative estimate of drug-likeness (QED) is 0.273. The van der Waals surface area contributed by atoms with Gasteiger partial charge in [0.05, 0.1) is 0 Å². The monoisotopic (exact) mass is 755 g/mol. The van der Waals surface area contributed by atoms with E-state index in [0.29, 0.717) is 3.63 Å². The van der Waals surface area contributed by atoms with Crippen molar-refractivity contribution in [3.8, 4) is 22.3 Å². The molecule has 0 N–H and O–H groups in total. The number of hydrogen-bond acceptors (Lipinski definition) is 0. The van der Waals surface area contributed by atoms with Gasteiger partial charge in [-0.05, 0) is 0 Å². The molecule has 0 fully saturated rings. The molecule has 0 spiro atoms. The third-order valence-corrected chi connectivity index (χ3v) is 33.0. The van der Waals surface area contributed by atoms with Crippen LogP contribution >= 0.6 is 0 Å². The van der Waals surface area contributed by atoms with Crippen LogP contribution < -0.4 is 38.5 Å². The van der Waals surface area contributed by atoms with Crippen LogP contribution in [0.25, 0.3) is 28.3 Å². The van der Waals surface area contributed by atoms with Crippen LogP contribution in [0.1, 0.15) is 120 Å². The van der Waals surface area contributed by atoms with Crippen molar-refractivity contribution in [1.82, 2.24) is 0 Å². The zero-order chi connectivity index (χ0) is 32.1. The minimum absolute atomic E-state index is 0. The fraction of sp³-hybridized carbons (Fsp3) is 0.395. The van der Waals surface area contributed by atoms with Gasteiger partial charge in [0.1, 0.15) is 0 Å². The van der Waals surface area contributed by atoms with E-state index < -0.39 is 26.8 Å². The number of halogens is 2. The van der Waals surface area contributed by atoms with Gasteiger partial charge in [-0.15, -0.1) is 0 Å². The first kappa shape index (κ1) is 36.6. The van der Waals surface area contributed by atoms with Gasteiger partial charge in [0.25, 0.3) is 0 Å². The van der Waals surface area contributed by atoms with Crippen LogP contribution in [0.3, 0.4) is 0 Å². The van der Waals surface area contributed by atoms with Gasteiger partial charge < -0.3 is 24.8 Å². The summed E-state index contributed by atoms with van der Waals surface area (Å²) >= 11 is -2.05. The molecule has 2 heterocycles. The number of allylic oxidation sites excluding steroid dienone is 1. The van der Waals surface area contributed by atoms with Crippen LogP contribution in [0.5, 0.6) is 0 Å². The normalized spacial score (nSPS) is 17.6. The van der Waals surface area contributed by atoms with E-state index in [2.05, 4.69) is 148 Å². The molecule has 0 radical (unpaired) electrons. The SMILES string of the molecule is CCCCC1=Cc2c(ccc(C(C)(C)C)c2-c2cc(C(C)(C)C)cc(C(C)(C)C)c2)[CH]1[Zr+2]1[c]2cccc3c2[SiH]1c1ccccc1-3.[Cl-].[Cl-]. The molecule has 1 aliphatic carbocycles. The number of benzene rings is 4. The van der Waals surface area contributed by atoms with Crippen molar-refractivity contribution >= 4 is 25.6 Å². The second-order valence-corrected chi connectivity index (χ2v) is 32.0. The predicted molar refractivity (Wildman–Crippen MR) is 196 cm³/mol. The van der Waals surface area contributed by atoms with Gasteiger partial charge in [-0.25, -0.2) is 0 Å². The van der Waals surface area contributed by atoms with E-state index in [0.717, 1.165) is 0 Å². The summed E-state index contributed by atoms with van der Waals surface area (Å²) in [6.07, 6.45) is 6.52. The molecule has 2 aliphatic heterocycles. The van der Waals surface area contributed by atoms with E-state index in [1.54, 1.807) is 33.0 Å². The van der Waals surface area contributed by atoms with Crippen molar-refractivity contribution in [1.29, 1.82) is 0 Å². The fourth-order valence-corrected chi connectivity index (χ4v) is 34.5. The van der Waals surface area contributed by atoms with Crippen LogP contribution in [0, 0.1) is 0 Å². The topological polar surface area (TPSA) is 0 Å². The minimum atomic E-state index is -2.05. The van der Waals surface area contributed by atoms with Gasteiger partial charge in [0, 0.05) is 0 Å². The summed E-state index contributed by atoms with van der Waals surface area (Å²) in [5.74, 6) is -1.12. The second-order valence-electron chi connectivity index (χ2n) is 17.0. The van der Waals surface area contributed by atoms with E-state index in [1.807, 2.05) is 8.46 Å². The molecular formula is C43H51Cl2SiZr. The molecule has 3 aliphatic rings. The molecule has 0 nitrogen and oxygen atoms in total. The molecule has 0 saturated carbocycles. The first-order chi connectivity index (χ1) is 21.2. The van der Waals surface area contributed by atoms with Crippen LogP contribution in [0.15, 0.2) is 78.4 Å². The van der Waals surface area contributed by atoms with Gasteiger partial charge in [0.15, 0.2) is 0 Å². The Morgan fingerprint density at radius 2 is 1.34 bits per heavy atom. The maximum absolute atomic E-state index is 2.73. The first-order valence-electron chi connectivity index (χ1n) is 17.3. The maximum atomic E-state index is 2.73. The Hall–Kier alpha value is -1.70. The molecule has 4 heteroatoms. The zero-order valence-corrected chi connectivity index (χ0v) is 35.2. The van der Waals surface area contributed by atoms with Crippen LogP contribution in [0.2, 0.25) is 0 Å². The summed E-state index contributed by atoms with van der Waals surface area (Å²) in [7, 11) is 0. The average Bonchev–Trinajstić information content (AvgIpc) is 3.48. The Morgan fingerprint density at radius 3 is 1.96 bits per heavy atom. The molecule has 0 saturated heterocycles. The molecule has 0 amide bonds. The maximum Gasteiger partial charge on any atom is -1.00 e. The Labute approximate surface area is 305 Å². The van der Waals surface area contributed by atoms with Gasteiger partial charge in [-0.1, -0.05) is 0 Å². The van der Waals surface area contributed by atoms with Crippen LogP contribution in [-0.4, -0.2) is 5.92 Å². The summed E-state index contributed by atoms with van der Waals surface area (Å²) in [5.41, 5.74) is 15.7. The van der Waals surface area contributed by atoms with Crippen LogP contribution in [0.4, 0.5) is 0 Å². The molecule has 4 aromatic rings. The van der Waals surface area contributed by atoms with Gasteiger partial charge in [0.2, 0.25) is 0 Å². The number of fused-ring (bicyclic) bond motifs is 4. The van der Waals surface area contributed by atoms with Gasteiger partial charge in [-0.3, -0.25) is 0 Å². The number of rotatable bonds is 5.